The minimum absolute atomic E-state index is 0. The highest BCUT2D eigenvalue weighted by molar-refractivity contribution is 5.85. The Balaban J connectivity index is 0.000000810. The van der Waals surface area contributed by atoms with Gasteiger partial charge in [0.1, 0.15) is 0 Å². The SMILES string of the molecule is Cl.Cl.NCCc1noc(C2CC3CCCN3C2)n1. The van der Waals surface area contributed by atoms with Gasteiger partial charge in [-0.15, -0.1) is 24.8 Å². The summed E-state index contributed by atoms with van der Waals surface area (Å²) < 4.78 is 5.32. The van der Waals surface area contributed by atoms with Crippen molar-refractivity contribution in [3.05, 3.63) is 11.7 Å². The molecule has 1 aromatic heterocycles. The average Bonchev–Trinajstić information content (AvgIpc) is 2.88. The molecule has 0 aromatic carbocycles. The van der Waals surface area contributed by atoms with Gasteiger partial charge in [-0.3, -0.25) is 4.90 Å². The Kier molecular flexibility index (Phi) is 5.85. The molecular formula is C11H20Cl2N4O. The molecule has 2 atom stereocenters. The van der Waals surface area contributed by atoms with Gasteiger partial charge in [0.2, 0.25) is 5.89 Å². The van der Waals surface area contributed by atoms with Crippen LogP contribution in [0.25, 0.3) is 0 Å². The van der Waals surface area contributed by atoms with E-state index < -0.39 is 0 Å². The van der Waals surface area contributed by atoms with Crippen molar-refractivity contribution in [2.75, 3.05) is 19.6 Å². The maximum absolute atomic E-state index is 5.47. The monoisotopic (exact) mass is 294 g/mol. The van der Waals surface area contributed by atoms with Crippen molar-refractivity contribution in [2.24, 2.45) is 5.73 Å². The molecule has 3 heterocycles. The zero-order chi connectivity index (χ0) is 11.0. The summed E-state index contributed by atoms with van der Waals surface area (Å²) in [5.74, 6) is 2.02. The molecule has 2 aliphatic rings. The van der Waals surface area contributed by atoms with Gasteiger partial charge in [-0.05, 0) is 32.4 Å². The van der Waals surface area contributed by atoms with Crippen molar-refractivity contribution in [1.82, 2.24) is 15.0 Å². The molecule has 7 heteroatoms. The quantitative estimate of drug-likeness (QED) is 0.912. The molecule has 2 N–H and O–H groups in total. The first-order chi connectivity index (χ1) is 7.86. The first-order valence-corrected chi connectivity index (χ1v) is 6.13. The summed E-state index contributed by atoms with van der Waals surface area (Å²) in [5.41, 5.74) is 5.47. The number of aromatic nitrogens is 2. The van der Waals surface area contributed by atoms with Gasteiger partial charge >= 0.3 is 0 Å². The van der Waals surface area contributed by atoms with Gasteiger partial charge in [-0.1, -0.05) is 5.16 Å². The van der Waals surface area contributed by atoms with Crippen LogP contribution in [0.4, 0.5) is 0 Å². The Hall–Kier alpha value is -0.360. The van der Waals surface area contributed by atoms with Gasteiger partial charge in [-0.2, -0.15) is 4.98 Å². The molecule has 3 rings (SSSR count). The number of fused-ring (bicyclic) bond motifs is 1. The Labute approximate surface area is 119 Å². The van der Waals surface area contributed by atoms with Crippen LogP contribution in [0.2, 0.25) is 0 Å². The summed E-state index contributed by atoms with van der Waals surface area (Å²) in [6, 6.07) is 0.759. The molecule has 5 nitrogen and oxygen atoms in total. The Bertz CT molecular complexity index is 362. The van der Waals surface area contributed by atoms with Crippen LogP contribution in [0.15, 0.2) is 4.52 Å². The molecule has 18 heavy (non-hydrogen) atoms. The molecular weight excluding hydrogens is 275 g/mol. The summed E-state index contributed by atoms with van der Waals surface area (Å²) in [6.07, 6.45) is 4.58. The average molecular weight is 295 g/mol. The normalized spacial score (nSPS) is 26.5. The molecule has 0 aliphatic carbocycles. The maximum Gasteiger partial charge on any atom is 0.231 e. The van der Waals surface area contributed by atoms with Crippen LogP contribution < -0.4 is 5.73 Å². The second-order valence-electron chi connectivity index (χ2n) is 4.81. The van der Waals surface area contributed by atoms with E-state index in [1.165, 1.54) is 25.8 Å². The van der Waals surface area contributed by atoms with Crippen LogP contribution >= 0.6 is 24.8 Å². The van der Waals surface area contributed by atoms with E-state index in [-0.39, 0.29) is 24.8 Å². The third kappa shape index (κ3) is 2.96. The molecule has 0 spiro atoms. The summed E-state index contributed by atoms with van der Waals surface area (Å²) in [4.78, 5) is 6.98. The van der Waals surface area contributed by atoms with E-state index in [4.69, 9.17) is 10.3 Å². The summed E-state index contributed by atoms with van der Waals surface area (Å²) >= 11 is 0. The fourth-order valence-electron chi connectivity index (χ4n) is 2.93. The zero-order valence-electron chi connectivity index (χ0n) is 10.2. The minimum atomic E-state index is 0. The van der Waals surface area contributed by atoms with Crippen LogP contribution in [0.5, 0.6) is 0 Å². The van der Waals surface area contributed by atoms with Crippen LogP contribution in [0.1, 0.15) is 36.9 Å². The highest BCUT2D eigenvalue weighted by Gasteiger charge is 2.38. The van der Waals surface area contributed by atoms with Crippen molar-refractivity contribution >= 4 is 24.8 Å². The van der Waals surface area contributed by atoms with Gasteiger partial charge in [-0.25, -0.2) is 0 Å². The van der Waals surface area contributed by atoms with E-state index in [1.807, 2.05) is 0 Å². The van der Waals surface area contributed by atoms with Crippen molar-refractivity contribution < 1.29 is 4.52 Å². The molecule has 0 radical (unpaired) electrons. The number of hydrogen-bond acceptors (Lipinski definition) is 5. The van der Waals surface area contributed by atoms with E-state index in [1.54, 1.807) is 0 Å². The smallest absolute Gasteiger partial charge is 0.231 e. The van der Waals surface area contributed by atoms with Crippen LogP contribution in [0.3, 0.4) is 0 Å². The number of rotatable bonds is 3. The maximum atomic E-state index is 5.47. The lowest BCUT2D eigenvalue weighted by atomic mass is 10.0. The number of nitrogens with two attached hydrogens (primary N) is 1. The first-order valence-electron chi connectivity index (χ1n) is 6.13. The fourth-order valence-corrected chi connectivity index (χ4v) is 2.93. The van der Waals surface area contributed by atoms with Crippen LogP contribution in [0, 0.1) is 0 Å². The second-order valence-corrected chi connectivity index (χ2v) is 4.81. The molecule has 2 unspecified atom stereocenters. The standard InChI is InChI=1S/C11H18N4O.2ClH/c12-4-3-10-13-11(16-14-10)8-6-9-2-1-5-15(9)7-8;;/h8-9H,1-7,12H2;2*1H. The highest BCUT2D eigenvalue weighted by Crippen LogP contribution is 2.36. The third-order valence-electron chi connectivity index (χ3n) is 3.71. The molecule has 0 saturated carbocycles. The lowest BCUT2D eigenvalue weighted by molar-refractivity contribution is 0.312. The Morgan fingerprint density at radius 2 is 2.22 bits per heavy atom. The Morgan fingerprint density at radius 1 is 1.39 bits per heavy atom. The van der Waals surface area contributed by atoms with Gasteiger partial charge in [0.25, 0.3) is 0 Å². The number of halogens is 2. The summed E-state index contributed by atoms with van der Waals surface area (Å²) in [6.45, 7) is 2.91. The van der Waals surface area contributed by atoms with E-state index >= 15 is 0 Å². The molecule has 1 aromatic rings. The van der Waals surface area contributed by atoms with Crippen LogP contribution in [-0.4, -0.2) is 40.7 Å². The molecule has 2 aliphatic heterocycles. The summed E-state index contributed by atoms with van der Waals surface area (Å²) in [5, 5.41) is 3.96. The Morgan fingerprint density at radius 3 is 2.94 bits per heavy atom. The summed E-state index contributed by atoms with van der Waals surface area (Å²) in [7, 11) is 0. The molecule has 2 fully saturated rings. The minimum Gasteiger partial charge on any atom is -0.339 e. The van der Waals surface area contributed by atoms with E-state index in [9.17, 15) is 0 Å². The fraction of sp³-hybridized carbons (Fsp3) is 0.818. The van der Waals surface area contributed by atoms with Gasteiger partial charge in [0.15, 0.2) is 5.82 Å². The first kappa shape index (κ1) is 15.7. The van der Waals surface area contributed by atoms with E-state index in [0.717, 1.165) is 24.3 Å². The molecule has 104 valence electrons. The lowest BCUT2D eigenvalue weighted by Gasteiger charge is -2.12. The third-order valence-corrected chi connectivity index (χ3v) is 3.71. The van der Waals surface area contributed by atoms with Crippen molar-refractivity contribution in [3.8, 4) is 0 Å². The van der Waals surface area contributed by atoms with Crippen molar-refractivity contribution in [3.63, 3.8) is 0 Å². The molecule has 0 bridgehead atoms. The lowest BCUT2D eigenvalue weighted by Crippen LogP contribution is -2.22. The predicted octanol–water partition coefficient (Wildman–Crippen LogP) is 1.37. The van der Waals surface area contributed by atoms with Crippen molar-refractivity contribution in [2.45, 2.75) is 37.6 Å². The van der Waals surface area contributed by atoms with Gasteiger partial charge in [0, 0.05) is 19.0 Å². The van der Waals surface area contributed by atoms with Crippen molar-refractivity contribution in [1.29, 1.82) is 0 Å². The van der Waals surface area contributed by atoms with E-state index in [0.29, 0.717) is 18.9 Å². The van der Waals surface area contributed by atoms with Gasteiger partial charge in [0.05, 0.1) is 5.92 Å². The number of nitrogens with zero attached hydrogens (tertiary/aromatic N) is 3. The van der Waals surface area contributed by atoms with E-state index in [2.05, 4.69) is 15.0 Å². The van der Waals surface area contributed by atoms with Gasteiger partial charge < -0.3 is 10.3 Å². The largest absolute Gasteiger partial charge is 0.339 e. The topological polar surface area (TPSA) is 68.2 Å². The highest BCUT2D eigenvalue weighted by atomic mass is 35.5. The predicted molar refractivity (Wildman–Crippen MR) is 73.5 cm³/mol. The van der Waals surface area contributed by atoms with Crippen LogP contribution in [-0.2, 0) is 6.42 Å². The number of hydrogen-bond donors (Lipinski definition) is 1. The molecule has 2 saturated heterocycles. The molecule has 0 amide bonds. The second kappa shape index (κ2) is 6.70. The zero-order valence-corrected chi connectivity index (χ0v) is 11.9.